The minimum atomic E-state index is -0.386. The summed E-state index contributed by atoms with van der Waals surface area (Å²) in [7, 11) is 0. The van der Waals surface area contributed by atoms with Crippen LogP contribution < -0.4 is 15.4 Å². The van der Waals surface area contributed by atoms with Crippen LogP contribution in [0.25, 0.3) is 0 Å². The summed E-state index contributed by atoms with van der Waals surface area (Å²) in [6, 6.07) is 6.96. The van der Waals surface area contributed by atoms with Crippen LogP contribution in [0.5, 0.6) is 5.75 Å². The maximum atomic E-state index is 11.9. The Morgan fingerprint density at radius 3 is 2.63 bits per heavy atom. The van der Waals surface area contributed by atoms with Gasteiger partial charge in [-0.2, -0.15) is 0 Å². The van der Waals surface area contributed by atoms with Crippen LogP contribution in [-0.2, 0) is 0 Å². The zero-order valence-corrected chi connectivity index (χ0v) is 11.6. The topological polar surface area (TPSA) is 53.6 Å². The van der Waals surface area contributed by atoms with Gasteiger partial charge in [-0.25, -0.2) is 4.79 Å². The number of nitrogens with zero attached hydrogens (tertiary/aromatic N) is 1. The lowest BCUT2D eigenvalue weighted by Gasteiger charge is -2.29. The molecule has 0 radical (unpaired) electrons. The maximum Gasteiger partial charge on any atom is 0.320 e. The number of halogens is 1. The molecule has 0 bridgehead atoms. The molecule has 1 aromatic rings. The lowest BCUT2D eigenvalue weighted by molar-refractivity contribution is 0.149. The van der Waals surface area contributed by atoms with E-state index >= 15 is 0 Å². The lowest BCUT2D eigenvalue weighted by Crippen LogP contribution is -2.52. The van der Waals surface area contributed by atoms with E-state index in [1.807, 2.05) is 0 Å². The van der Waals surface area contributed by atoms with E-state index in [2.05, 4.69) is 10.6 Å². The largest absolute Gasteiger partial charge is 0.471 e. The average Bonchev–Trinajstić information content (AvgIpc) is 2.42. The number of hydrogen-bond donors (Lipinski definition) is 2. The van der Waals surface area contributed by atoms with E-state index in [4.69, 9.17) is 16.3 Å². The number of rotatable bonds is 3. The smallest absolute Gasteiger partial charge is 0.320 e. The second-order valence-corrected chi connectivity index (χ2v) is 4.84. The minimum Gasteiger partial charge on any atom is -0.471 e. The number of benzene rings is 1. The number of piperazine rings is 1. The Kier molecular flexibility index (Phi) is 4.87. The van der Waals surface area contributed by atoms with Gasteiger partial charge in [0.1, 0.15) is 5.75 Å². The summed E-state index contributed by atoms with van der Waals surface area (Å²) < 4.78 is 5.60. The van der Waals surface area contributed by atoms with E-state index in [1.165, 1.54) is 0 Å². The lowest BCUT2D eigenvalue weighted by atomic mass is 10.3. The van der Waals surface area contributed by atoms with Crippen molar-refractivity contribution < 1.29 is 9.53 Å². The van der Waals surface area contributed by atoms with E-state index in [9.17, 15) is 4.79 Å². The second-order valence-electron chi connectivity index (χ2n) is 4.40. The molecule has 0 saturated carbocycles. The molecule has 2 N–H and O–H groups in total. The Balaban J connectivity index is 1.81. The molecule has 1 aromatic carbocycles. The van der Waals surface area contributed by atoms with Crippen LogP contribution in [0.2, 0.25) is 5.02 Å². The van der Waals surface area contributed by atoms with E-state index in [-0.39, 0.29) is 12.3 Å². The molecule has 1 atom stereocenters. The number of carbonyl (C=O) groups is 1. The van der Waals surface area contributed by atoms with Crippen molar-refractivity contribution in [2.45, 2.75) is 13.2 Å². The Morgan fingerprint density at radius 2 is 2.00 bits per heavy atom. The van der Waals surface area contributed by atoms with Gasteiger partial charge in [-0.3, -0.25) is 0 Å². The summed E-state index contributed by atoms with van der Waals surface area (Å²) in [5.74, 6) is 0.678. The molecule has 0 spiro atoms. The molecule has 1 aliphatic rings. The molecule has 6 heteroatoms. The number of ether oxygens (including phenoxy) is 1. The molecule has 1 aliphatic heterocycles. The van der Waals surface area contributed by atoms with Gasteiger partial charge >= 0.3 is 6.03 Å². The van der Waals surface area contributed by atoms with Crippen LogP contribution in [0.15, 0.2) is 24.3 Å². The normalized spacial score (nSPS) is 16.8. The number of hydrogen-bond acceptors (Lipinski definition) is 3. The van der Waals surface area contributed by atoms with E-state index in [0.29, 0.717) is 10.8 Å². The van der Waals surface area contributed by atoms with Crippen molar-refractivity contribution in [1.29, 1.82) is 0 Å². The van der Waals surface area contributed by atoms with Crippen LogP contribution in [-0.4, -0.2) is 43.3 Å². The summed E-state index contributed by atoms with van der Waals surface area (Å²) in [5, 5.41) is 6.68. The van der Waals surface area contributed by atoms with Crippen molar-refractivity contribution in [3.63, 3.8) is 0 Å². The fourth-order valence-electron chi connectivity index (χ4n) is 1.88. The standard InChI is InChI=1S/C13H18ClN3O2/c1-10(19-12-4-2-11(14)3-5-12)16-13(18)17-8-6-15-7-9-17/h2-5,10,15H,6-9H2,1H3,(H,16,18). The van der Waals surface area contributed by atoms with Crippen molar-refractivity contribution in [2.24, 2.45) is 0 Å². The Bertz CT molecular complexity index is 418. The van der Waals surface area contributed by atoms with E-state index in [0.717, 1.165) is 26.2 Å². The number of nitrogens with one attached hydrogen (secondary N) is 2. The van der Waals surface area contributed by atoms with E-state index in [1.54, 1.807) is 36.1 Å². The van der Waals surface area contributed by atoms with Crippen molar-refractivity contribution in [2.75, 3.05) is 26.2 Å². The minimum absolute atomic E-state index is 0.0945. The first-order valence-electron chi connectivity index (χ1n) is 6.33. The van der Waals surface area contributed by atoms with Gasteiger partial charge < -0.3 is 20.3 Å². The third kappa shape index (κ3) is 4.29. The summed E-state index contributed by atoms with van der Waals surface area (Å²) >= 11 is 5.80. The molecule has 0 aliphatic carbocycles. The van der Waals surface area contributed by atoms with Gasteiger partial charge in [-0.05, 0) is 31.2 Å². The SMILES string of the molecule is CC(NC(=O)N1CCNCC1)Oc1ccc(Cl)cc1. The van der Waals surface area contributed by atoms with Gasteiger partial charge in [0.15, 0.2) is 6.23 Å². The van der Waals surface area contributed by atoms with Crippen LogP contribution in [0.3, 0.4) is 0 Å². The summed E-state index contributed by atoms with van der Waals surface area (Å²) in [6.07, 6.45) is -0.386. The highest BCUT2D eigenvalue weighted by atomic mass is 35.5. The number of carbonyl (C=O) groups excluding carboxylic acids is 1. The zero-order valence-electron chi connectivity index (χ0n) is 10.9. The Morgan fingerprint density at radius 1 is 1.37 bits per heavy atom. The van der Waals surface area contributed by atoms with Gasteiger partial charge in [0.05, 0.1) is 0 Å². The molecule has 19 heavy (non-hydrogen) atoms. The fraction of sp³-hybridized carbons (Fsp3) is 0.462. The van der Waals surface area contributed by atoms with Gasteiger partial charge in [0.2, 0.25) is 0 Å². The van der Waals surface area contributed by atoms with E-state index < -0.39 is 0 Å². The summed E-state index contributed by atoms with van der Waals surface area (Å²) in [4.78, 5) is 13.7. The zero-order chi connectivity index (χ0) is 13.7. The Labute approximate surface area is 117 Å². The van der Waals surface area contributed by atoms with Crippen molar-refractivity contribution >= 4 is 17.6 Å². The molecule has 5 nitrogen and oxygen atoms in total. The molecular formula is C13H18ClN3O2. The van der Waals surface area contributed by atoms with Crippen molar-refractivity contribution in [1.82, 2.24) is 15.5 Å². The summed E-state index contributed by atoms with van der Waals surface area (Å²) in [5.41, 5.74) is 0. The highest BCUT2D eigenvalue weighted by Crippen LogP contribution is 2.16. The number of urea groups is 1. The fourth-order valence-corrected chi connectivity index (χ4v) is 2.01. The monoisotopic (exact) mass is 283 g/mol. The third-order valence-corrected chi connectivity index (χ3v) is 3.11. The predicted molar refractivity (Wildman–Crippen MR) is 74.5 cm³/mol. The second kappa shape index (κ2) is 6.63. The quantitative estimate of drug-likeness (QED) is 0.830. The van der Waals surface area contributed by atoms with Crippen molar-refractivity contribution in [3.8, 4) is 5.75 Å². The number of amides is 2. The molecule has 1 saturated heterocycles. The maximum absolute atomic E-state index is 11.9. The van der Waals surface area contributed by atoms with Gasteiger partial charge in [-0.1, -0.05) is 11.6 Å². The molecule has 104 valence electrons. The molecule has 1 heterocycles. The molecule has 2 amide bonds. The first-order valence-corrected chi connectivity index (χ1v) is 6.71. The Hall–Kier alpha value is -1.46. The van der Waals surface area contributed by atoms with Gasteiger partial charge in [0, 0.05) is 31.2 Å². The summed E-state index contributed by atoms with van der Waals surface area (Å²) in [6.45, 7) is 4.91. The van der Waals surface area contributed by atoms with Crippen LogP contribution in [0, 0.1) is 0 Å². The molecule has 1 fully saturated rings. The molecule has 1 unspecified atom stereocenters. The molecular weight excluding hydrogens is 266 g/mol. The highest BCUT2D eigenvalue weighted by molar-refractivity contribution is 6.30. The van der Waals surface area contributed by atoms with Crippen LogP contribution in [0.4, 0.5) is 4.79 Å². The molecule has 0 aromatic heterocycles. The molecule has 2 rings (SSSR count). The first-order chi connectivity index (χ1) is 9.15. The predicted octanol–water partition coefficient (Wildman–Crippen LogP) is 1.68. The third-order valence-electron chi connectivity index (χ3n) is 2.86. The highest BCUT2D eigenvalue weighted by Gasteiger charge is 2.18. The first kappa shape index (κ1) is 14.0. The van der Waals surface area contributed by atoms with Crippen LogP contribution in [0.1, 0.15) is 6.92 Å². The van der Waals surface area contributed by atoms with Crippen molar-refractivity contribution in [3.05, 3.63) is 29.3 Å². The van der Waals surface area contributed by atoms with Gasteiger partial charge in [0.25, 0.3) is 0 Å². The van der Waals surface area contributed by atoms with Crippen LogP contribution >= 0.6 is 11.6 Å². The average molecular weight is 284 g/mol. The van der Waals surface area contributed by atoms with Gasteiger partial charge in [-0.15, -0.1) is 0 Å².